The van der Waals surface area contributed by atoms with E-state index >= 15 is 0 Å². The van der Waals surface area contributed by atoms with Crippen LogP contribution in [0.2, 0.25) is 0 Å². The molecule has 2 aromatic rings. The smallest absolute Gasteiger partial charge is 0.337 e. The summed E-state index contributed by atoms with van der Waals surface area (Å²) in [6.07, 6.45) is 5.28. The normalized spacial score (nSPS) is 17.9. The maximum atomic E-state index is 14.4. The Hall–Kier alpha value is -3.66. The van der Waals surface area contributed by atoms with Gasteiger partial charge in [-0.15, -0.1) is 0 Å². The average Bonchev–Trinajstić information content (AvgIpc) is 2.93. The van der Waals surface area contributed by atoms with Gasteiger partial charge in [0, 0.05) is 38.7 Å². The zero-order valence-electron chi connectivity index (χ0n) is 24.4. The lowest BCUT2D eigenvalue weighted by molar-refractivity contribution is -0.117. The molecule has 0 aliphatic carbocycles. The molecular formula is C31H41FN4O5. The standard InChI is InChI=1S/C31H41FN4O5/c1-5-7-26(32)31(2,3)41-29-9-6-8-27(35-29)36-15-12-21(13-16-36)18-28(37)34-24-11-10-22(30(38)39-4)19-25(24)33-20-23-14-17-40-23/h6-11,19,21,23,33H,5,12-18,20H2,1-4H3,(H,34,37)/b26-7+/t23-/m0/s1. The van der Waals surface area contributed by atoms with Crippen LogP contribution < -0.4 is 20.3 Å². The van der Waals surface area contributed by atoms with Crippen molar-refractivity contribution in [3.05, 3.63) is 53.9 Å². The maximum absolute atomic E-state index is 14.4. The first-order valence-corrected chi connectivity index (χ1v) is 14.3. The molecule has 41 heavy (non-hydrogen) atoms. The SMILES string of the molecule is CC/C=C(/F)C(C)(C)Oc1cccc(N2CCC(CC(=O)Nc3ccc(C(=O)OC)cc3NC[C@@H]3CCO3)CC2)n1. The number of carbonyl (C=O) groups excluding carboxylic acids is 2. The summed E-state index contributed by atoms with van der Waals surface area (Å²) >= 11 is 0. The predicted octanol–water partition coefficient (Wildman–Crippen LogP) is 5.74. The first-order valence-electron chi connectivity index (χ1n) is 14.3. The van der Waals surface area contributed by atoms with Gasteiger partial charge < -0.3 is 29.7 Å². The molecule has 4 rings (SSSR count). The molecule has 0 spiro atoms. The molecule has 1 aromatic carbocycles. The molecule has 0 bridgehead atoms. The molecule has 0 unspecified atom stereocenters. The second-order valence-electron chi connectivity index (χ2n) is 11.0. The van der Waals surface area contributed by atoms with Crippen LogP contribution in [0.1, 0.15) is 63.2 Å². The summed E-state index contributed by atoms with van der Waals surface area (Å²) in [6, 6.07) is 10.6. The molecule has 2 fully saturated rings. The van der Waals surface area contributed by atoms with Crippen molar-refractivity contribution in [2.24, 2.45) is 5.92 Å². The Bertz CT molecular complexity index is 1240. The van der Waals surface area contributed by atoms with Crippen molar-refractivity contribution in [2.75, 3.05) is 48.9 Å². The lowest BCUT2D eigenvalue weighted by atomic mass is 9.93. The number of hydrogen-bond acceptors (Lipinski definition) is 8. The molecule has 2 N–H and O–H groups in total. The van der Waals surface area contributed by atoms with Crippen LogP contribution >= 0.6 is 0 Å². The van der Waals surface area contributed by atoms with Gasteiger partial charge in [0.05, 0.1) is 30.2 Å². The van der Waals surface area contributed by atoms with E-state index in [1.54, 1.807) is 38.1 Å². The lowest BCUT2D eigenvalue weighted by Gasteiger charge is -2.33. The summed E-state index contributed by atoms with van der Waals surface area (Å²) in [5.41, 5.74) is 0.591. The molecule has 9 nitrogen and oxygen atoms in total. The molecule has 10 heteroatoms. The number of aromatic nitrogens is 1. The minimum Gasteiger partial charge on any atom is -0.465 e. The molecule has 222 valence electrons. The van der Waals surface area contributed by atoms with Crippen molar-refractivity contribution in [3.63, 3.8) is 0 Å². The summed E-state index contributed by atoms with van der Waals surface area (Å²) in [7, 11) is 1.34. The van der Waals surface area contributed by atoms with E-state index in [1.807, 2.05) is 19.1 Å². The van der Waals surface area contributed by atoms with Crippen molar-refractivity contribution in [3.8, 4) is 5.88 Å². The number of ether oxygens (including phenoxy) is 3. The van der Waals surface area contributed by atoms with Crippen LogP contribution in [0, 0.1) is 5.92 Å². The number of pyridine rings is 1. The van der Waals surface area contributed by atoms with Crippen molar-refractivity contribution < 1.29 is 28.2 Å². The van der Waals surface area contributed by atoms with Crippen LogP contribution in [0.25, 0.3) is 0 Å². The Morgan fingerprint density at radius 3 is 2.59 bits per heavy atom. The number of carbonyl (C=O) groups is 2. The topological polar surface area (TPSA) is 102 Å². The zero-order valence-corrected chi connectivity index (χ0v) is 24.4. The van der Waals surface area contributed by atoms with Gasteiger partial charge in [-0.25, -0.2) is 9.18 Å². The van der Waals surface area contributed by atoms with Crippen LogP contribution in [-0.4, -0.2) is 61.9 Å². The Labute approximate surface area is 241 Å². The maximum Gasteiger partial charge on any atom is 0.337 e. The van der Waals surface area contributed by atoms with Gasteiger partial charge in [-0.05, 0) is 75.8 Å². The number of nitrogens with zero attached hydrogens (tertiary/aromatic N) is 2. The number of hydrogen-bond donors (Lipinski definition) is 2. The Balaban J connectivity index is 1.32. The number of allylic oxidation sites excluding steroid dienone is 1. The third-order valence-corrected chi connectivity index (χ3v) is 7.47. The number of halogens is 1. The molecule has 1 aromatic heterocycles. The van der Waals surface area contributed by atoms with Gasteiger partial charge in [-0.3, -0.25) is 4.79 Å². The van der Waals surface area contributed by atoms with Crippen molar-refractivity contribution in [2.45, 2.75) is 64.6 Å². The Kier molecular flexibility index (Phi) is 10.2. The van der Waals surface area contributed by atoms with Crippen LogP contribution in [-0.2, 0) is 14.3 Å². The van der Waals surface area contributed by atoms with Crippen molar-refractivity contribution >= 4 is 29.1 Å². The van der Waals surface area contributed by atoms with Gasteiger partial charge >= 0.3 is 5.97 Å². The first kappa shape index (κ1) is 30.3. The molecule has 0 saturated carbocycles. The van der Waals surface area contributed by atoms with Crippen LogP contribution in [0.15, 0.2) is 48.3 Å². The molecule has 2 aliphatic rings. The van der Waals surface area contributed by atoms with E-state index in [4.69, 9.17) is 14.2 Å². The minimum absolute atomic E-state index is 0.0740. The second kappa shape index (κ2) is 13.8. The quantitative estimate of drug-likeness (QED) is 0.313. The number of benzene rings is 1. The van der Waals surface area contributed by atoms with E-state index < -0.39 is 11.6 Å². The highest BCUT2D eigenvalue weighted by Gasteiger charge is 2.28. The Morgan fingerprint density at radius 1 is 1.17 bits per heavy atom. The van der Waals surface area contributed by atoms with Crippen molar-refractivity contribution in [1.29, 1.82) is 0 Å². The number of esters is 1. The summed E-state index contributed by atoms with van der Waals surface area (Å²) in [6.45, 7) is 8.11. The fourth-order valence-corrected chi connectivity index (χ4v) is 4.92. The second-order valence-corrected chi connectivity index (χ2v) is 11.0. The van der Waals surface area contributed by atoms with E-state index in [-0.39, 0.29) is 23.8 Å². The first-order chi connectivity index (χ1) is 19.7. The number of nitrogens with one attached hydrogen (secondary N) is 2. The Morgan fingerprint density at radius 2 is 1.93 bits per heavy atom. The number of anilines is 3. The molecule has 2 aliphatic heterocycles. The van der Waals surface area contributed by atoms with E-state index in [1.165, 1.54) is 13.2 Å². The number of methoxy groups -OCH3 is 1. The highest BCUT2D eigenvalue weighted by atomic mass is 19.1. The van der Waals surface area contributed by atoms with E-state index in [2.05, 4.69) is 20.5 Å². The molecule has 2 saturated heterocycles. The van der Waals surface area contributed by atoms with E-state index in [0.29, 0.717) is 42.2 Å². The van der Waals surface area contributed by atoms with E-state index in [9.17, 15) is 14.0 Å². The largest absolute Gasteiger partial charge is 0.465 e. The highest BCUT2D eigenvalue weighted by molar-refractivity contribution is 5.97. The van der Waals surface area contributed by atoms with Crippen LogP contribution in [0.5, 0.6) is 5.88 Å². The van der Waals surface area contributed by atoms with Gasteiger partial charge in [0.2, 0.25) is 11.8 Å². The van der Waals surface area contributed by atoms with Gasteiger partial charge in [0.1, 0.15) is 11.6 Å². The van der Waals surface area contributed by atoms with Crippen molar-refractivity contribution in [1.82, 2.24) is 4.98 Å². The zero-order chi connectivity index (χ0) is 29.4. The van der Waals surface area contributed by atoms with Gasteiger partial charge in [-0.2, -0.15) is 4.98 Å². The minimum atomic E-state index is -1.10. The van der Waals surface area contributed by atoms with Gasteiger partial charge in [-0.1, -0.05) is 13.0 Å². The van der Waals surface area contributed by atoms with Gasteiger partial charge in [0.25, 0.3) is 0 Å². The lowest BCUT2D eigenvalue weighted by Crippen LogP contribution is -2.36. The fraction of sp³-hybridized carbons (Fsp3) is 0.516. The average molecular weight is 569 g/mol. The predicted molar refractivity (Wildman–Crippen MR) is 157 cm³/mol. The molecule has 1 amide bonds. The third-order valence-electron chi connectivity index (χ3n) is 7.47. The summed E-state index contributed by atoms with van der Waals surface area (Å²) in [5.74, 6) is 0.551. The summed E-state index contributed by atoms with van der Waals surface area (Å²) < 4.78 is 30.6. The summed E-state index contributed by atoms with van der Waals surface area (Å²) in [4.78, 5) is 31.8. The van der Waals surface area contributed by atoms with Crippen LogP contribution in [0.4, 0.5) is 21.6 Å². The number of piperidine rings is 1. The third kappa shape index (κ3) is 8.19. The summed E-state index contributed by atoms with van der Waals surface area (Å²) in [5, 5.41) is 6.32. The monoisotopic (exact) mass is 568 g/mol. The van der Waals surface area contributed by atoms with Crippen LogP contribution in [0.3, 0.4) is 0 Å². The highest BCUT2D eigenvalue weighted by Crippen LogP contribution is 2.30. The molecular weight excluding hydrogens is 527 g/mol. The molecule has 1 atom stereocenters. The van der Waals surface area contributed by atoms with Gasteiger partial charge in [0.15, 0.2) is 5.60 Å². The molecule has 0 radical (unpaired) electrons. The number of rotatable bonds is 12. The number of amides is 1. The molecule has 3 heterocycles. The fourth-order valence-electron chi connectivity index (χ4n) is 4.92. The van der Waals surface area contributed by atoms with E-state index in [0.717, 1.165) is 44.8 Å².